The lowest BCUT2D eigenvalue weighted by Crippen LogP contribution is -2.19. The van der Waals surface area contributed by atoms with Crippen molar-refractivity contribution in [2.24, 2.45) is 0 Å². The molecule has 0 aromatic carbocycles. The zero-order chi connectivity index (χ0) is 13.0. The smallest absolute Gasteiger partial charge is 0.185 e. The van der Waals surface area contributed by atoms with Gasteiger partial charge < -0.3 is 14.6 Å². The fourth-order valence-corrected chi connectivity index (χ4v) is 2.67. The van der Waals surface area contributed by atoms with Gasteiger partial charge >= 0.3 is 0 Å². The SMILES string of the molecule is CCNC(C)c1csc(N(C)Cc2ccoc2)n1. The van der Waals surface area contributed by atoms with Crippen LogP contribution in [-0.4, -0.2) is 18.6 Å². The molecule has 2 rings (SSSR count). The molecule has 0 radical (unpaired) electrons. The summed E-state index contributed by atoms with van der Waals surface area (Å²) in [5, 5.41) is 6.53. The Morgan fingerprint density at radius 2 is 2.39 bits per heavy atom. The molecular formula is C13H19N3OS. The summed E-state index contributed by atoms with van der Waals surface area (Å²) in [6.45, 7) is 6.02. The molecule has 2 aromatic rings. The van der Waals surface area contributed by atoms with Gasteiger partial charge in [-0.25, -0.2) is 4.98 Å². The minimum absolute atomic E-state index is 0.308. The third-order valence-corrected chi connectivity index (χ3v) is 3.76. The first-order valence-corrected chi connectivity index (χ1v) is 6.99. The highest BCUT2D eigenvalue weighted by molar-refractivity contribution is 7.13. The molecule has 1 unspecified atom stereocenters. The second-order valence-corrected chi connectivity index (χ2v) is 5.16. The molecule has 5 heteroatoms. The quantitative estimate of drug-likeness (QED) is 0.871. The van der Waals surface area contributed by atoms with E-state index in [4.69, 9.17) is 4.42 Å². The second-order valence-electron chi connectivity index (χ2n) is 4.32. The molecular weight excluding hydrogens is 246 g/mol. The molecule has 0 fully saturated rings. The molecule has 0 amide bonds. The van der Waals surface area contributed by atoms with Crippen LogP contribution in [0.15, 0.2) is 28.4 Å². The van der Waals surface area contributed by atoms with E-state index in [0.29, 0.717) is 6.04 Å². The van der Waals surface area contributed by atoms with E-state index in [1.807, 2.05) is 13.1 Å². The summed E-state index contributed by atoms with van der Waals surface area (Å²) in [6, 6.07) is 2.29. The van der Waals surface area contributed by atoms with E-state index >= 15 is 0 Å². The Labute approximate surface area is 112 Å². The lowest BCUT2D eigenvalue weighted by molar-refractivity contribution is 0.563. The number of nitrogens with zero attached hydrogens (tertiary/aromatic N) is 2. The molecule has 0 spiro atoms. The second kappa shape index (κ2) is 6.02. The average Bonchev–Trinajstić information content (AvgIpc) is 2.99. The van der Waals surface area contributed by atoms with Crippen LogP contribution >= 0.6 is 11.3 Å². The van der Waals surface area contributed by atoms with Crippen LogP contribution in [0.1, 0.15) is 31.1 Å². The third kappa shape index (κ3) is 3.11. The summed E-state index contributed by atoms with van der Waals surface area (Å²) in [7, 11) is 2.05. The maximum absolute atomic E-state index is 5.07. The van der Waals surface area contributed by atoms with Crippen molar-refractivity contribution in [3.8, 4) is 0 Å². The van der Waals surface area contributed by atoms with Gasteiger partial charge in [-0.2, -0.15) is 0 Å². The van der Waals surface area contributed by atoms with Crippen molar-refractivity contribution in [2.45, 2.75) is 26.4 Å². The molecule has 0 bridgehead atoms. The maximum atomic E-state index is 5.07. The maximum Gasteiger partial charge on any atom is 0.185 e. The van der Waals surface area contributed by atoms with Gasteiger partial charge in [0.1, 0.15) is 0 Å². The van der Waals surface area contributed by atoms with Gasteiger partial charge in [0.05, 0.1) is 18.2 Å². The van der Waals surface area contributed by atoms with E-state index in [-0.39, 0.29) is 0 Å². The highest BCUT2D eigenvalue weighted by Crippen LogP contribution is 2.24. The summed E-state index contributed by atoms with van der Waals surface area (Å²) >= 11 is 1.68. The van der Waals surface area contributed by atoms with Gasteiger partial charge in [0.2, 0.25) is 0 Å². The van der Waals surface area contributed by atoms with Crippen LogP contribution in [0.25, 0.3) is 0 Å². The first kappa shape index (κ1) is 13.1. The van der Waals surface area contributed by atoms with E-state index < -0.39 is 0 Å². The molecule has 0 saturated heterocycles. The molecule has 2 aromatic heterocycles. The Morgan fingerprint density at radius 1 is 1.56 bits per heavy atom. The molecule has 18 heavy (non-hydrogen) atoms. The molecule has 0 aliphatic rings. The molecule has 0 saturated carbocycles. The summed E-state index contributed by atoms with van der Waals surface area (Å²) in [5.41, 5.74) is 2.27. The largest absolute Gasteiger partial charge is 0.472 e. The Hall–Kier alpha value is -1.33. The third-order valence-electron chi connectivity index (χ3n) is 2.79. The molecule has 1 atom stereocenters. The molecule has 4 nitrogen and oxygen atoms in total. The van der Waals surface area contributed by atoms with Gasteiger partial charge in [0, 0.05) is 30.6 Å². The van der Waals surface area contributed by atoms with Crippen molar-refractivity contribution in [1.82, 2.24) is 10.3 Å². The van der Waals surface area contributed by atoms with Gasteiger partial charge in [0.25, 0.3) is 0 Å². The van der Waals surface area contributed by atoms with Gasteiger partial charge in [-0.15, -0.1) is 11.3 Å². The zero-order valence-corrected chi connectivity index (χ0v) is 11.8. The Morgan fingerprint density at radius 3 is 3.06 bits per heavy atom. The van der Waals surface area contributed by atoms with E-state index in [9.17, 15) is 0 Å². The predicted octanol–water partition coefficient (Wildman–Crippen LogP) is 3.04. The Balaban J connectivity index is 2.00. The molecule has 0 aliphatic heterocycles. The molecule has 1 N–H and O–H groups in total. The monoisotopic (exact) mass is 265 g/mol. The van der Waals surface area contributed by atoms with Crippen LogP contribution in [0.5, 0.6) is 0 Å². The van der Waals surface area contributed by atoms with Crippen LogP contribution in [0.3, 0.4) is 0 Å². The number of rotatable bonds is 6. The minimum atomic E-state index is 0.308. The van der Waals surface area contributed by atoms with E-state index in [1.54, 1.807) is 23.9 Å². The predicted molar refractivity (Wildman–Crippen MR) is 75.0 cm³/mol. The van der Waals surface area contributed by atoms with Crippen LogP contribution in [0, 0.1) is 0 Å². The summed E-state index contributed by atoms with van der Waals surface area (Å²) in [5.74, 6) is 0. The Bertz CT molecular complexity index is 466. The number of hydrogen-bond donors (Lipinski definition) is 1. The summed E-state index contributed by atoms with van der Waals surface area (Å²) in [6.07, 6.45) is 3.47. The van der Waals surface area contributed by atoms with Crippen LogP contribution in [0.4, 0.5) is 5.13 Å². The number of furan rings is 1. The normalized spacial score (nSPS) is 12.6. The number of aromatic nitrogens is 1. The standard InChI is InChI=1S/C13H19N3OS/c1-4-14-10(2)12-9-18-13(15-12)16(3)7-11-5-6-17-8-11/h5-6,8-10,14H,4,7H2,1-3H3. The van der Waals surface area contributed by atoms with Crippen molar-refractivity contribution in [3.63, 3.8) is 0 Å². The topological polar surface area (TPSA) is 41.3 Å². The van der Waals surface area contributed by atoms with E-state index in [0.717, 1.165) is 29.5 Å². The first-order chi connectivity index (χ1) is 8.70. The van der Waals surface area contributed by atoms with Crippen molar-refractivity contribution in [2.75, 3.05) is 18.5 Å². The van der Waals surface area contributed by atoms with Gasteiger partial charge in [-0.05, 0) is 19.5 Å². The number of thiazole rings is 1. The molecule has 2 heterocycles. The summed E-state index contributed by atoms with van der Waals surface area (Å²) in [4.78, 5) is 6.80. The minimum Gasteiger partial charge on any atom is -0.472 e. The number of anilines is 1. The molecule has 98 valence electrons. The fourth-order valence-electron chi connectivity index (χ4n) is 1.79. The lowest BCUT2D eigenvalue weighted by atomic mass is 10.2. The summed E-state index contributed by atoms with van der Waals surface area (Å²) < 4.78 is 5.07. The Kier molecular flexibility index (Phi) is 4.38. The highest BCUT2D eigenvalue weighted by Gasteiger charge is 2.12. The van der Waals surface area contributed by atoms with Crippen molar-refractivity contribution < 1.29 is 4.42 Å². The zero-order valence-electron chi connectivity index (χ0n) is 11.0. The van der Waals surface area contributed by atoms with Gasteiger partial charge in [-0.3, -0.25) is 0 Å². The van der Waals surface area contributed by atoms with Crippen molar-refractivity contribution in [3.05, 3.63) is 35.2 Å². The average molecular weight is 265 g/mol. The van der Waals surface area contributed by atoms with Crippen LogP contribution in [0.2, 0.25) is 0 Å². The van der Waals surface area contributed by atoms with Gasteiger partial charge in [-0.1, -0.05) is 6.92 Å². The van der Waals surface area contributed by atoms with E-state index in [2.05, 4.69) is 34.4 Å². The number of nitrogens with one attached hydrogen (secondary N) is 1. The first-order valence-electron chi connectivity index (χ1n) is 6.11. The van der Waals surface area contributed by atoms with Crippen LogP contribution in [-0.2, 0) is 6.54 Å². The van der Waals surface area contributed by atoms with E-state index in [1.165, 1.54) is 0 Å². The number of hydrogen-bond acceptors (Lipinski definition) is 5. The van der Waals surface area contributed by atoms with Gasteiger partial charge in [0.15, 0.2) is 5.13 Å². The van der Waals surface area contributed by atoms with Crippen LogP contribution < -0.4 is 10.2 Å². The molecule has 0 aliphatic carbocycles. The fraction of sp³-hybridized carbons (Fsp3) is 0.462. The van der Waals surface area contributed by atoms with Crippen molar-refractivity contribution >= 4 is 16.5 Å². The van der Waals surface area contributed by atoms with Crippen molar-refractivity contribution in [1.29, 1.82) is 0 Å². The lowest BCUT2D eigenvalue weighted by Gasteiger charge is -2.14. The highest BCUT2D eigenvalue weighted by atomic mass is 32.1.